The highest BCUT2D eigenvalue weighted by Gasteiger charge is 2.36. The fourth-order valence-electron chi connectivity index (χ4n) is 4.03. The molecule has 0 aromatic heterocycles. The minimum atomic E-state index is -1.81. The minimum Gasteiger partial charge on any atom is -0.487 e. The normalized spacial score (nSPS) is 16.9. The lowest BCUT2D eigenvalue weighted by molar-refractivity contribution is -0.120. The number of nitrogens with one attached hydrogen (secondary N) is 2. The van der Waals surface area contributed by atoms with Gasteiger partial charge in [-0.3, -0.25) is 9.59 Å². The number of fused-ring (bicyclic) bond motifs is 2. The third-order valence-corrected chi connectivity index (χ3v) is 7.20. The van der Waals surface area contributed by atoms with Crippen LogP contribution in [0.5, 0.6) is 23.0 Å². The third kappa shape index (κ3) is 11.9. The predicted molar refractivity (Wildman–Crippen MR) is 170 cm³/mol. The van der Waals surface area contributed by atoms with E-state index in [4.69, 9.17) is 98.0 Å². The summed E-state index contributed by atoms with van der Waals surface area (Å²) in [4.78, 5) is 23.5. The van der Waals surface area contributed by atoms with Crippen LogP contribution >= 0.6 is 69.6 Å². The Morgan fingerprint density at radius 2 is 0.886 bits per heavy atom. The molecule has 2 amide bonds. The van der Waals surface area contributed by atoms with Crippen molar-refractivity contribution in [2.45, 2.75) is 33.5 Å². The van der Waals surface area contributed by atoms with Gasteiger partial charge in [0.05, 0.1) is 26.4 Å². The lowest BCUT2D eigenvalue weighted by Crippen LogP contribution is -2.35. The number of alkyl halides is 6. The first kappa shape index (κ1) is 36.7. The number of benzene rings is 2. The maximum absolute atomic E-state index is 11.7. The van der Waals surface area contributed by atoms with E-state index in [9.17, 15) is 9.59 Å². The second-order valence-corrected chi connectivity index (χ2v) is 14.1. The summed E-state index contributed by atoms with van der Waals surface area (Å²) < 4.78 is 31.4. The molecule has 0 spiro atoms. The highest BCUT2D eigenvalue weighted by molar-refractivity contribution is 6.68. The molecule has 2 aromatic carbocycles. The second kappa shape index (κ2) is 17.2. The van der Waals surface area contributed by atoms with Crippen LogP contribution in [-0.2, 0) is 19.1 Å². The first-order valence-corrected chi connectivity index (χ1v) is 15.6. The summed E-state index contributed by atoms with van der Waals surface area (Å²) in [7, 11) is 0. The summed E-state index contributed by atoms with van der Waals surface area (Å²) in [5.41, 5.74) is 1.01. The number of carbonyl (C=O) groups excluding carboxylic acids is 2. The Hall–Kier alpha value is -1.76. The molecule has 0 saturated carbocycles. The molecular formula is C28H32Cl6N2O8. The summed E-state index contributed by atoms with van der Waals surface area (Å²) in [5, 5.41) is 5.29. The van der Waals surface area contributed by atoms with E-state index < -0.39 is 19.7 Å². The number of amides is 2. The average Bonchev–Trinajstić information content (AvgIpc) is 2.93. The molecule has 44 heavy (non-hydrogen) atoms. The molecular weight excluding hydrogens is 705 g/mol. The second-order valence-electron chi connectivity index (χ2n) is 9.38. The van der Waals surface area contributed by atoms with Crippen LogP contribution in [0.3, 0.4) is 0 Å². The van der Waals surface area contributed by atoms with Crippen molar-refractivity contribution < 1.29 is 38.0 Å². The Kier molecular flexibility index (Phi) is 14.4. The van der Waals surface area contributed by atoms with Gasteiger partial charge in [-0.2, -0.15) is 0 Å². The highest BCUT2D eigenvalue weighted by atomic mass is 35.6. The van der Waals surface area contributed by atoms with Crippen molar-refractivity contribution in [1.29, 1.82) is 0 Å². The Bertz CT molecular complexity index is 1160. The van der Waals surface area contributed by atoms with Gasteiger partial charge < -0.3 is 39.1 Å². The van der Waals surface area contributed by atoms with Crippen LogP contribution in [-0.4, -0.2) is 72.3 Å². The van der Waals surface area contributed by atoms with E-state index in [1.807, 2.05) is 0 Å². The first-order chi connectivity index (χ1) is 20.8. The summed E-state index contributed by atoms with van der Waals surface area (Å²) >= 11 is 36.8. The van der Waals surface area contributed by atoms with Crippen molar-refractivity contribution in [3.8, 4) is 23.0 Å². The zero-order chi connectivity index (χ0) is 32.3. The molecule has 2 N–H and O–H groups in total. The van der Waals surface area contributed by atoms with E-state index in [1.54, 1.807) is 36.4 Å². The number of rotatable bonds is 4. The van der Waals surface area contributed by atoms with Gasteiger partial charge >= 0.3 is 0 Å². The van der Waals surface area contributed by atoms with E-state index in [1.165, 1.54) is 13.8 Å². The fourth-order valence-corrected chi connectivity index (χ4v) is 5.12. The van der Waals surface area contributed by atoms with E-state index >= 15 is 0 Å². The summed E-state index contributed by atoms with van der Waals surface area (Å²) in [6, 6.07) is 8.07. The van der Waals surface area contributed by atoms with Gasteiger partial charge in [-0.1, -0.05) is 81.7 Å². The van der Waals surface area contributed by atoms with Crippen molar-refractivity contribution in [2.75, 3.05) is 52.9 Å². The molecule has 1 heterocycles. The van der Waals surface area contributed by atoms with Gasteiger partial charge in [0.25, 0.3) is 0 Å². The molecule has 10 nitrogen and oxygen atoms in total. The monoisotopic (exact) mass is 734 g/mol. The van der Waals surface area contributed by atoms with Crippen LogP contribution in [0.25, 0.3) is 0 Å². The molecule has 0 saturated heterocycles. The van der Waals surface area contributed by atoms with Crippen LogP contribution in [0.4, 0.5) is 0 Å². The first-order valence-electron chi connectivity index (χ1n) is 13.4. The molecule has 3 rings (SSSR count). The van der Waals surface area contributed by atoms with Crippen molar-refractivity contribution in [3.05, 3.63) is 47.5 Å². The zero-order valence-electron chi connectivity index (χ0n) is 23.8. The zero-order valence-corrected chi connectivity index (χ0v) is 28.3. The quantitative estimate of drug-likeness (QED) is 0.366. The Labute approximate surface area is 285 Å². The molecule has 16 heteroatoms. The van der Waals surface area contributed by atoms with E-state index in [-0.39, 0.29) is 64.7 Å². The van der Waals surface area contributed by atoms with Gasteiger partial charge in [-0.25, -0.2) is 0 Å². The topological polar surface area (TPSA) is 114 Å². The maximum atomic E-state index is 11.7. The lowest BCUT2D eigenvalue weighted by Gasteiger charge is -2.26. The van der Waals surface area contributed by atoms with Gasteiger partial charge in [0.1, 0.15) is 38.5 Å². The van der Waals surface area contributed by atoms with E-state index in [0.717, 1.165) is 0 Å². The molecule has 2 atom stereocenters. The van der Waals surface area contributed by atoms with E-state index in [2.05, 4.69) is 10.6 Å². The molecule has 0 radical (unpaired) electrons. The van der Waals surface area contributed by atoms with Crippen LogP contribution in [0.15, 0.2) is 36.4 Å². The third-order valence-electron chi connectivity index (χ3n) is 5.89. The largest absolute Gasteiger partial charge is 0.487 e. The predicted octanol–water partition coefficient (Wildman–Crippen LogP) is 6.04. The summed E-state index contributed by atoms with van der Waals surface area (Å²) in [6.45, 7) is 4.28. The van der Waals surface area contributed by atoms with Crippen molar-refractivity contribution >= 4 is 81.4 Å². The Balaban J connectivity index is 1.72. The SMILES string of the molecule is CC(=O)NC(c1ccc2c(c1)OCCOCCOc1ccc(C(NC(C)=O)C(Cl)(Cl)Cl)cc1OCCOCCO2)C(Cl)(Cl)Cl. The molecule has 0 bridgehead atoms. The number of halogens is 6. The van der Waals surface area contributed by atoms with Crippen molar-refractivity contribution in [2.24, 2.45) is 0 Å². The van der Waals surface area contributed by atoms with Crippen LogP contribution < -0.4 is 29.6 Å². The summed E-state index contributed by atoms with van der Waals surface area (Å²) in [5.74, 6) is 0.853. The number of hydrogen-bond donors (Lipinski definition) is 2. The molecule has 0 fully saturated rings. The van der Waals surface area contributed by atoms with Gasteiger partial charge in [0, 0.05) is 13.8 Å². The van der Waals surface area contributed by atoms with Crippen molar-refractivity contribution in [1.82, 2.24) is 10.6 Å². The molecule has 1 aliphatic rings. The number of hydrogen-bond acceptors (Lipinski definition) is 8. The molecule has 244 valence electrons. The minimum absolute atomic E-state index is 0.166. The van der Waals surface area contributed by atoms with Crippen LogP contribution in [0, 0.1) is 0 Å². The summed E-state index contributed by atoms with van der Waals surface area (Å²) in [6.07, 6.45) is 0. The van der Waals surface area contributed by atoms with Gasteiger partial charge in [0.2, 0.25) is 19.4 Å². The van der Waals surface area contributed by atoms with Crippen molar-refractivity contribution in [3.63, 3.8) is 0 Å². The average molecular weight is 737 g/mol. The highest BCUT2D eigenvalue weighted by Crippen LogP contribution is 2.43. The van der Waals surface area contributed by atoms with Gasteiger partial charge in [0.15, 0.2) is 23.0 Å². The molecule has 1 aliphatic heterocycles. The Morgan fingerprint density at radius 3 is 1.18 bits per heavy atom. The number of carbonyl (C=O) groups is 2. The maximum Gasteiger partial charge on any atom is 0.217 e. The standard InChI is InChI=1S/C28H32Cl6N2O8/c1-17(37)35-25(27(29,30)31)19-3-5-21-23(15-19)43-13-9-39-8-12-42-22-6-4-20(26(28(32,33)34)36-18(2)38)16-24(22)44-14-10-40-7-11-41-21/h3-6,15-16,25-26H,7-14H2,1-2H3,(H,35,37)(H,36,38). The molecule has 2 unspecified atom stereocenters. The molecule has 2 aromatic rings. The lowest BCUT2D eigenvalue weighted by atomic mass is 10.1. The van der Waals surface area contributed by atoms with Crippen LogP contribution in [0.2, 0.25) is 0 Å². The van der Waals surface area contributed by atoms with Crippen LogP contribution in [0.1, 0.15) is 37.1 Å². The fraction of sp³-hybridized carbons (Fsp3) is 0.500. The smallest absolute Gasteiger partial charge is 0.217 e. The Morgan fingerprint density at radius 1 is 0.568 bits per heavy atom. The number of ether oxygens (including phenoxy) is 6. The molecule has 0 aliphatic carbocycles. The van der Waals surface area contributed by atoms with Gasteiger partial charge in [-0.05, 0) is 35.4 Å². The van der Waals surface area contributed by atoms with Gasteiger partial charge in [-0.15, -0.1) is 0 Å². The van der Waals surface area contributed by atoms with E-state index in [0.29, 0.717) is 34.1 Å².